The highest BCUT2D eigenvalue weighted by Crippen LogP contribution is 2.27. The molecule has 1 aliphatic heterocycles. The van der Waals surface area contributed by atoms with Crippen molar-refractivity contribution in [3.8, 4) is 0 Å². The van der Waals surface area contributed by atoms with Gasteiger partial charge in [-0.1, -0.05) is 6.42 Å². The van der Waals surface area contributed by atoms with Crippen molar-refractivity contribution in [2.45, 2.75) is 37.8 Å². The van der Waals surface area contributed by atoms with E-state index in [0.29, 0.717) is 18.9 Å². The van der Waals surface area contributed by atoms with Crippen LogP contribution in [0.25, 0.3) is 0 Å². The van der Waals surface area contributed by atoms with Gasteiger partial charge in [-0.2, -0.15) is 0 Å². The zero-order valence-electron chi connectivity index (χ0n) is 9.28. The Bertz CT molecular complexity index is 241. The Balaban J connectivity index is 1.78. The Morgan fingerprint density at radius 3 is 2.73 bits per heavy atom. The number of nitrogens with zero attached hydrogens (tertiary/aromatic N) is 1. The monoisotopic (exact) mass is 212 g/mol. The molecule has 0 aromatic carbocycles. The van der Waals surface area contributed by atoms with Crippen molar-refractivity contribution in [3.05, 3.63) is 0 Å². The Morgan fingerprint density at radius 2 is 2.27 bits per heavy atom. The van der Waals surface area contributed by atoms with Gasteiger partial charge in [0.25, 0.3) is 0 Å². The average Bonchev–Trinajstić information content (AvgIpc) is 2.56. The van der Waals surface area contributed by atoms with Gasteiger partial charge in [-0.15, -0.1) is 0 Å². The van der Waals surface area contributed by atoms with Crippen LogP contribution in [0.4, 0.5) is 0 Å². The second-order valence-corrected chi connectivity index (χ2v) is 4.87. The lowest BCUT2D eigenvalue weighted by Crippen LogP contribution is -2.44. The van der Waals surface area contributed by atoms with Crippen LogP contribution in [0.2, 0.25) is 0 Å². The van der Waals surface area contributed by atoms with Gasteiger partial charge in [0, 0.05) is 20.1 Å². The number of carbonyl (C=O) groups excluding carboxylic acids is 1. The molecule has 0 aromatic heterocycles. The maximum Gasteiger partial charge on any atom is 0.239 e. The zero-order chi connectivity index (χ0) is 10.8. The summed E-state index contributed by atoms with van der Waals surface area (Å²) in [5, 5.41) is 12.4. The molecule has 15 heavy (non-hydrogen) atoms. The van der Waals surface area contributed by atoms with Crippen molar-refractivity contribution < 1.29 is 9.90 Å². The summed E-state index contributed by atoms with van der Waals surface area (Å²) in [6, 6.07) is -0.162. The molecular weight excluding hydrogens is 192 g/mol. The summed E-state index contributed by atoms with van der Waals surface area (Å²) in [5.74, 6) is 0.851. The molecule has 0 spiro atoms. The molecule has 2 fully saturated rings. The van der Waals surface area contributed by atoms with Crippen LogP contribution in [0, 0.1) is 5.92 Å². The Hall–Kier alpha value is -0.610. The van der Waals surface area contributed by atoms with E-state index in [0.717, 1.165) is 6.54 Å². The third-order valence-corrected chi connectivity index (χ3v) is 3.54. The van der Waals surface area contributed by atoms with E-state index in [4.69, 9.17) is 0 Å². The lowest BCUT2D eigenvalue weighted by molar-refractivity contribution is -0.132. The van der Waals surface area contributed by atoms with E-state index in [1.807, 2.05) is 11.9 Å². The van der Waals surface area contributed by atoms with Crippen LogP contribution in [0.1, 0.15) is 25.7 Å². The molecule has 86 valence electrons. The molecule has 4 nitrogen and oxygen atoms in total. The number of likely N-dealkylation sites (N-methyl/N-ethyl adjacent to an activating group) is 1. The maximum absolute atomic E-state index is 11.9. The summed E-state index contributed by atoms with van der Waals surface area (Å²) < 4.78 is 0. The molecule has 0 radical (unpaired) electrons. The fourth-order valence-corrected chi connectivity index (χ4v) is 2.32. The number of amides is 1. The minimum absolute atomic E-state index is 0.137. The standard InChI is InChI=1S/C11H20N2O2/c1-13(7-8-3-2-4-8)11(15)10-5-9(14)6-12-10/h8-10,12,14H,2-7H2,1H3. The molecule has 0 bridgehead atoms. The highest BCUT2D eigenvalue weighted by atomic mass is 16.3. The van der Waals surface area contributed by atoms with Gasteiger partial charge in [-0.3, -0.25) is 4.79 Å². The quantitative estimate of drug-likeness (QED) is 0.690. The first-order valence-corrected chi connectivity index (χ1v) is 5.83. The Kier molecular flexibility index (Phi) is 3.26. The predicted molar refractivity (Wildman–Crippen MR) is 57.4 cm³/mol. The Labute approximate surface area is 90.6 Å². The first kappa shape index (κ1) is 10.9. The molecule has 2 aliphatic rings. The SMILES string of the molecule is CN(CC1CCC1)C(=O)C1CC(O)CN1. The number of aliphatic hydroxyl groups is 1. The normalized spacial score (nSPS) is 31.3. The van der Waals surface area contributed by atoms with Gasteiger partial charge in [0.05, 0.1) is 12.1 Å². The summed E-state index contributed by atoms with van der Waals surface area (Å²) in [7, 11) is 1.87. The summed E-state index contributed by atoms with van der Waals surface area (Å²) in [6.45, 7) is 1.43. The number of aliphatic hydroxyl groups excluding tert-OH is 1. The van der Waals surface area contributed by atoms with E-state index in [1.165, 1.54) is 19.3 Å². The Morgan fingerprint density at radius 1 is 1.53 bits per heavy atom. The zero-order valence-corrected chi connectivity index (χ0v) is 9.28. The fourth-order valence-electron chi connectivity index (χ4n) is 2.32. The van der Waals surface area contributed by atoms with E-state index < -0.39 is 0 Å². The molecule has 0 aromatic rings. The first-order chi connectivity index (χ1) is 7.16. The van der Waals surface area contributed by atoms with Crippen molar-refractivity contribution in [1.29, 1.82) is 0 Å². The first-order valence-electron chi connectivity index (χ1n) is 5.83. The third kappa shape index (κ3) is 2.49. The van der Waals surface area contributed by atoms with Gasteiger partial charge in [0.2, 0.25) is 5.91 Å². The maximum atomic E-state index is 11.9. The van der Waals surface area contributed by atoms with Crippen molar-refractivity contribution >= 4 is 5.91 Å². The minimum atomic E-state index is -0.351. The summed E-state index contributed by atoms with van der Waals surface area (Å²) in [6.07, 6.45) is 4.05. The second kappa shape index (κ2) is 4.49. The van der Waals surface area contributed by atoms with Crippen molar-refractivity contribution in [2.75, 3.05) is 20.1 Å². The van der Waals surface area contributed by atoms with Gasteiger partial charge >= 0.3 is 0 Å². The summed E-state index contributed by atoms with van der Waals surface area (Å²) in [5.41, 5.74) is 0. The van der Waals surface area contributed by atoms with Crippen molar-refractivity contribution in [3.63, 3.8) is 0 Å². The summed E-state index contributed by atoms with van der Waals surface area (Å²) >= 11 is 0. The highest BCUT2D eigenvalue weighted by molar-refractivity contribution is 5.82. The van der Waals surface area contributed by atoms with E-state index in [-0.39, 0.29) is 18.1 Å². The minimum Gasteiger partial charge on any atom is -0.392 e. The topological polar surface area (TPSA) is 52.6 Å². The molecule has 1 amide bonds. The third-order valence-electron chi connectivity index (χ3n) is 3.54. The van der Waals surface area contributed by atoms with Crippen LogP contribution in [-0.4, -0.2) is 48.2 Å². The van der Waals surface area contributed by atoms with Gasteiger partial charge in [-0.25, -0.2) is 0 Å². The number of hydrogen-bond donors (Lipinski definition) is 2. The van der Waals surface area contributed by atoms with Crippen LogP contribution < -0.4 is 5.32 Å². The molecule has 1 heterocycles. The van der Waals surface area contributed by atoms with Gasteiger partial charge < -0.3 is 15.3 Å². The molecule has 1 aliphatic carbocycles. The number of carbonyl (C=O) groups is 1. The number of hydrogen-bond acceptors (Lipinski definition) is 3. The van der Waals surface area contributed by atoms with Gasteiger partial charge in [-0.05, 0) is 25.2 Å². The number of rotatable bonds is 3. The van der Waals surface area contributed by atoms with Crippen LogP contribution >= 0.6 is 0 Å². The average molecular weight is 212 g/mol. The number of β-amino-alcohol motifs (C(OH)–C–C–N with tert-alkyl or cyclic N) is 1. The predicted octanol–water partition coefficient (Wildman–Crippen LogP) is -0.0323. The largest absolute Gasteiger partial charge is 0.392 e. The van der Waals surface area contributed by atoms with Crippen LogP contribution in [0.15, 0.2) is 0 Å². The van der Waals surface area contributed by atoms with Crippen LogP contribution in [0.5, 0.6) is 0 Å². The van der Waals surface area contributed by atoms with E-state index in [9.17, 15) is 9.90 Å². The number of nitrogens with one attached hydrogen (secondary N) is 1. The lowest BCUT2D eigenvalue weighted by atomic mass is 9.85. The van der Waals surface area contributed by atoms with Gasteiger partial charge in [0.1, 0.15) is 0 Å². The van der Waals surface area contributed by atoms with E-state index >= 15 is 0 Å². The lowest BCUT2D eigenvalue weighted by Gasteiger charge is -2.31. The van der Waals surface area contributed by atoms with Crippen molar-refractivity contribution in [1.82, 2.24) is 10.2 Å². The molecule has 2 rings (SSSR count). The molecule has 4 heteroatoms. The van der Waals surface area contributed by atoms with Gasteiger partial charge in [0.15, 0.2) is 0 Å². The van der Waals surface area contributed by atoms with Crippen LogP contribution in [0.3, 0.4) is 0 Å². The smallest absolute Gasteiger partial charge is 0.239 e. The molecule has 2 unspecified atom stereocenters. The molecule has 1 saturated carbocycles. The highest BCUT2D eigenvalue weighted by Gasteiger charge is 2.31. The molecule has 1 saturated heterocycles. The summed E-state index contributed by atoms with van der Waals surface area (Å²) in [4.78, 5) is 13.7. The second-order valence-electron chi connectivity index (χ2n) is 4.87. The van der Waals surface area contributed by atoms with E-state index in [2.05, 4.69) is 5.32 Å². The molecular formula is C11H20N2O2. The van der Waals surface area contributed by atoms with Crippen LogP contribution in [-0.2, 0) is 4.79 Å². The van der Waals surface area contributed by atoms with E-state index in [1.54, 1.807) is 0 Å². The molecule has 2 atom stereocenters. The van der Waals surface area contributed by atoms with Crippen molar-refractivity contribution in [2.24, 2.45) is 5.92 Å². The molecule has 2 N–H and O–H groups in total. The fraction of sp³-hybridized carbons (Fsp3) is 0.909.